The summed E-state index contributed by atoms with van der Waals surface area (Å²) in [6.45, 7) is 3.45. The Bertz CT molecular complexity index is 1020. The summed E-state index contributed by atoms with van der Waals surface area (Å²) < 4.78 is 10.8. The van der Waals surface area contributed by atoms with Crippen molar-refractivity contribution in [3.05, 3.63) is 89.4 Å². The van der Waals surface area contributed by atoms with E-state index in [9.17, 15) is 9.59 Å². The third-order valence-corrected chi connectivity index (χ3v) is 6.28. The van der Waals surface area contributed by atoms with E-state index in [-0.39, 0.29) is 17.2 Å². The van der Waals surface area contributed by atoms with Gasteiger partial charge in [0.2, 0.25) is 5.91 Å². The number of hydrogen-bond acceptors (Lipinski definition) is 5. The molecule has 2 aromatic carbocycles. The first-order chi connectivity index (χ1) is 15.1. The van der Waals surface area contributed by atoms with E-state index in [0.717, 1.165) is 22.6 Å². The minimum atomic E-state index is -0.136. The molecular formula is C24H24N2O4S. The second kappa shape index (κ2) is 9.75. The van der Waals surface area contributed by atoms with Crippen LogP contribution in [0, 0.1) is 0 Å². The lowest BCUT2D eigenvalue weighted by Gasteiger charge is -2.23. The Hall–Kier alpha value is -3.19. The number of nitrogens with one attached hydrogen (secondary N) is 1. The molecule has 1 aromatic heterocycles. The SMILES string of the molecule is CCOc1ccc(CNC(=O)c2ccc(C3SCC(=O)N3Cc3ccco3)cc2)cc1. The number of amides is 2. The summed E-state index contributed by atoms with van der Waals surface area (Å²) in [5.41, 5.74) is 2.58. The molecule has 6 nitrogen and oxygen atoms in total. The lowest BCUT2D eigenvalue weighted by Crippen LogP contribution is -2.27. The van der Waals surface area contributed by atoms with Gasteiger partial charge in [-0.05, 0) is 54.4 Å². The zero-order chi connectivity index (χ0) is 21.6. The predicted molar refractivity (Wildman–Crippen MR) is 120 cm³/mol. The normalized spacial score (nSPS) is 15.8. The Balaban J connectivity index is 1.36. The van der Waals surface area contributed by atoms with Gasteiger partial charge < -0.3 is 19.4 Å². The molecule has 1 N–H and O–H groups in total. The second-order valence-electron chi connectivity index (χ2n) is 7.15. The molecule has 31 heavy (non-hydrogen) atoms. The molecule has 0 spiro atoms. The number of ether oxygens (including phenoxy) is 1. The molecule has 2 heterocycles. The van der Waals surface area contributed by atoms with Gasteiger partial charge in [-0.1, -0.05) is 24.3 Å². The first-order valence-electron chi connectivity index (χ1n) is 10.2. The van der Waals surface area contributed by atoms with E-state index >= 15 is 0 Å². The van der Waals surface area contributed by atoms with E-state index in [2.05, 4.69) is 5.32 Å². The van der Waals surface area contributed by atoms with E-state index in [0.29, 0.717) is 31.0 Å². The first-order valence-corrected chi connectivity index (χ1v) is 11.2. The van der Waals surface area contributed by atoms with Crippen LogP contribution in [0.4, 0.5) is 0 Å². The molecule has 0 saturated carbocycles. The Morgan fingerprint density at radius 3 is 2.61 bits per heavy atom. The van der Waals surface area contributed by atoms with Crippen LogP contribution in [0.3, 0.4) is 0 Å². The van der Waals surface area contributed by atoms with Crippen molar-refractivity contribution in [1.29, 1.82) is 0 Å². The first kappa shape index (κ1) is 21.1. The van der Waals surface area contributed by atoms with Gasteiger partial charge in [0.05, 0.1) is 25.2 Å². The highest BCUT2D eigenvalue weighted by molar-refractivity contribution is 8.00. The van der Waals surface area contributed by atoms with Crippen LogP contribution in [0.25, 0.3) is 0 Å². The van der Waals surface area contributed by atoms with Crippen molar-refractivity contribution in [2.75, 3.05) is 12.4 Å². The summed E-state index contributed by atoms with van der Waals surface area (Å²) in [4.78, 5) is 26.7. The summed E-state index contributed by atoms with van der Waals surface area (Å²) in [6.07, 6.45) is 1.61. The molecule has 2 amide bonds. The van der Waals surface area contributed by atoms with Gasteiger partial charge in [0.1, 0.15) is 16.9 Å². The number of rotatable bonds is 8. The maximum Gasteiger partial charge on any atom is 0.251 e. The fraction of sp³-hybridized carbons (Fsp3) is 0.250. The zero-order valence-corrected chi connectivity index (χ0v) is 18.1. The average Bonchev–Trinajstić information content (AvgIpc) is 3.44. The number of furan rings is 1. The summed E-state index contributed by atoms with van der Waals surface area (Å²) in [5.74, 6) is 1.96. The quantitative estimate of drug-likeness (QED) is 0.567. The molecule has 160 valence electrons. The molecule has 7 heteroatoms. The summed E-state index contributed by atoms with van der Waals surface area (Å²) in [6, 6.07) is 18.8. The highest BCUT2D eigenvalue weighted by Crippen LogP contribution is 2.39. The predicted octanol–water partition coefficient (Wildman–Crippen LogP) is 4.38. The summed E-state index contributed by atoms with van der Waals surface area (Å²) in [5, 5.41) is 2.85. The number of benzene rings is 2. The highest BCUT2D eigenvalue weighted by Gasteiger charge is 2.33. The Labute approximate surface area is 185 Å². The Morgan fingerprint density at radius 1 is 1.16 bits per heavy atom. The van der Waals surface area contributed by atoms with Crippen molar-refractivity contribution in [1.82, 2.24) is 10.2 Å². The smallest absolute Gasteiger partial charge is 0.251 e. The van der Waals surface area contributed by atoms with Crippen LogP contribution < -0.4 is 10.1 Å². The average molecular weight is 437 g/mol. The number of carbonyl (C=O) groups is 2. The van der Waals surface area contributed by atoms with Gasteiger partial charge in [-0.2, -0.15) is 0 Å². The highest BCUT2D eigenvalue weighted by atomic mass is 32.2. The molecule has 1 unspecified atom stereocenters. The Kier molecular flexibility index (Phi) is 6.62. The van der Waals surface area contributed by atoms with Gasteiger partial charge in [-0.3, -0.25) is 9.59 Å². The van der Waals surface area contributed by atoms with Gasteiger partial charge in [0.25, 0.3) is 5.91 Å². The topological polar surface area (TPSA) is 71.8 Å². The number of hydrogen-bond donors (Lipinski definition) is 1. The monoisotopic (exact) mass is 436 g/mol. The van der Waals surface area contributed by atoms with Crippen molar-refractivity contribution in [2.24, 2.45) is 0 Å². The minimum Gasteiger partial charge on any atom is -0.494 e. The molecule has 1 saturated heterocycles. The number of thioether (sulfide) groups is 1. The van der Waals surface area contributed by atoms with E-state index < -0.39 is 0 Å². The van der Waals surface area contributed by atoms with Crippen LogP contribution >= 0.6 is 11.8 Å². The van der Waals surface area contributed by atoms with Crippen LogP contribution in [-0.4, -0.2) is 29.1 Å². The number of carbonyl (C=O) groups excluding carboxylic acids is 2. The maximum atomic E-state index is 12.5. The van der Waals surface area contributed by atoms with Crippen LogP contribution in [0.1, 0.15) is 39.5 Å². The molecule has 1 fully saturated rings. The van der Waals surface area contributed by atoms with Crippen LogP contribution in [0.5, 0.6) is 5.75 Å². The molecule has 0 radical (unpaired) electrons. The molecule has 4 rings (SSSR count). The molecule has 3 aromatic rings. The minimum absolute atomic E-state index is 0.0847. The van der Waals surface area contributed by atoms with Crippen molar-refractivity contribution in [2.45, 2.75) is 25.4 Å². The summed E-state index contributed by atoms with van der Waals surface area (Å²) >= 11 is 1.58. The van der Waals surface area contributed by atoms with Crippen molar-refractivity contribution >= 4 is 23.6 Å². The van der Waals surface area contributed by atoms with Gasteiger partial charge in [-0.15, -0.1) is 11.8 Å². The lowest BCUT2D eigenvalue weighted by atomic mass is 10.1. The standard InChI is InChI=1S/C24H24N2O4S/c1-2-29-20-11-5-17(6-12-20)14-25-23(28)18-7-9-19(10-8-18)24-26(22(27)16-31-24)15-21-4-3-13-30-21/h3-13,24H,2,14-16H2,1H3,(H,25,28). The largest absolute Gasteiger partial charge is 0.494 e. The Morgan fingerprint density at radius 2 is 1.94 bits per heavy atom. The van der Waals surface area contributed by atoms with E-state index in [1.807, 2.05) is 60.4 Å². The molecule has 0 aliphatic carbocycles. The van der Waals surface area contributed by atoms with E-state index in [4.69, 9.17) is 9.15 Å². The van der Waals surface area contributed by atoms with Crippen LogP contribution in [-0.2, 0) is 17.9 Å². The second-order valence-corrected chi connectivity index (χ2v) is 8.21. The fourth-order valence-corrected chi connectivity index (χ4v) is 4.61. The lowest BCUT2D eigenvalue weighted by molar-refractivity contribution is -0.128. The molecule has 1 aliphatic heterocycles. The maximum absolute atomic E-state index is 12.5. The van der Waals surface area contributed by atoms with Crippen LogP contribution in [0.2, 0.25) is 0 Å². The van der Waals surface area contributed by atoms with Crippen molar-refractivity contribution in [3.63, 3.8) is 0 Å². The van der Waals surface area contributed by atoms with Gasteiger partial charge in [0, 0.05) is 12.1 Å². The third kappa shape index (κ3) is 5.11. The van der Waals surface area contributed by atoms with Gasteiger partial charge in [-0.25, -0.2) is 0 Å². The zero-order valence-electron chi connectivity index (χ0n) is 17.2. The van der Waals surface area contributed by atoms with Gasteiger partial charge in [0.15, 0.2) is 0 Å². The molecule has 0 bridgehead atoms. The van der Waals surface area contributed by atoms with Gasteiger partial charge >= 0.3 is 0 Å². The van der Waals surface area contributed by atoms with E-state index in [1.54, 1.807) is 30.2 Å². The van der Waals surface area contributed by atoms with Crippen molar-refractivity contribution < 1.29 is 18.7 Å². The van der Waals surface area contributed by atoms with Crippen LogP contribution in [0.15, 0.2) is 71.3 Å². The molecular weight excluding hydrogens is 412 g/mol. The fourth-order valence-electron chi connectivity index (χ4n) is 3.43. The molecule has 1 aliphatic rings. The van der Waals surface area contributed by atoms with E-state index in [1.165, 1.54) is 0 Å². The molecule has 1 atom stereocenters. The summed E-state index contributed by atoms with van der Waals surface area (Å²) in [7, 11) is 0. The van der Waals surface area contributed by atoms with Crippen molar-refractivity contribution in [3.8, 4) is 5.75 Å². The third-order valence-electron chi connectivity index (χ3n) is 5.02. The number of nitrogens with zero attached hydrogens (tertiary/aromatic N) is 1.